The van der Waals surface area contributed by atoms with Crippen LogP contribution in [-0.2, 0) is 4.74 Å². The lowest BCUT2D eigenvalue weighted by molar-refractivity contribution is 0.0600. The molecule has 6 nitrogen and oxygen atoms in total. The molecule has 90 valence electrons. The van der Waals surface area contributed by atoms with Crippen LogP contribution in [0, 0.1) is 29.6 Å². The molecule has 0 aromatic heterocycles. The Morgan fingerprint density at radius 3 is 2.56 bits per heavy atom. The summed E-state index contributed by atoms with van der Waals surface area (Å²) in [7, 11) is 1.31. The zero-order chi connectivity index (χ0) is 13.5. The van der Waals surface area contributed by atoms with Gasteiger partial charge in [-0.05, 0) is 30.7 Å². The molecular formula is C12H10N4O2. The van der Waals surface area contributed by atoms with Crippen LogP contribution in [-0.4, -0.2) is 18.8 Å². The number of carbonyl (C=O) groups is 1. The van der Waals surface area contributed by atoms with Gasteiger partial charge in [0.25, 0.3) is 0 Å². The van der Waals surface area contributed by atoms with E-state index in [1.165, 1.54) is 7.11 Å². The molecule has 0 saturated carbocycles. The molecule has 0 atom stereocenters. The second-order valence-electron chi connectivity index (χ2n) is 3.32. The summed E-state index contributed by atoms with van der Waals surface area (Å²) in [4.78, 5) is 11.3. The molecule has 0 aliphatic rings. The number of hydrogen-bond acceptors (Lipinski definition) is 6. The lowest BCUT2D eigenvalue weighted by Gasteiger charge is -2.06. The predicted molar refractivity (Wildman–Crippen MR) is 64.8 cm³/mol. The van der Waals surface area contributed by atoms with Crippen molar-refractivity contribution >= 4 is 17.4 Å². The molecule has 0 radical (unpaired) electrons. The van der Waals surface area contributed by atoms with E-state index in [0.29, 0.717) is 11.3 Å². The van der Waals surface area contributed by atoms with Gasteiger partial charge in [-0.25, -0.2) is 4.79 Å². The fourth-order valence-corrected chi connectivity index (χ4v) is 1.23. The smallest absolute Gasteiger partial charge is 0.337 e. The Hall–Kier alpha value is -2.86. The van der Waals surface area contributed by atoms with E-state index in [1.54, 1.807) is 37.3 Å². The van der Waals surface area contributed by atoms with E-state index in [9.17, 15) is 4.79 Å². The maximum Gasteiger partial charge on any atom is 0.337 e. The standard InChI is InChI=1S/C12H10N4O2/c1-8-5-9(12(17)18-2)3-4-11(8)16-15-10(6-13)7-14/h3-5,16H,1-2H3. The molecule has 0 amide bonds. The van der Waals surface area contributed by atoms with E-state index >= 15 is 0 Å². The Morgan fingerprint density at radius 1 is 1.39 bits per heavy atom. The summed E-state index contributed by atoms with van der Waals surface area (Å²) in [5, 5.41) is 20.7. The molecule has 6 heteroatoms. The molecule has 1 N–H and O–H groups in total. The molecule has 1 aromatic rings. The zero-order valence-corrected chi connectivity index (χ0v) is 9.89. The Labute approximate surface area is 104 Å². The first-order valence-corrected chi connectivity index (χ1v) is 4.95. The highest BCUT2D eigenvalue weighted by atomic mass is 16.5. The van der Waals surface area contributed by atoms with Crippen LogP contribution < -0.4 is 5.43 Å². The lowest BCUT2D eigenvalue weighted by atomic mass is 10.1. The molecule has 0 heterocycles. The first-order chi connectivity index (χ1) is 8.62. The number of esters is 1. The van der Waals surface area contributed by atoms with Gasteiger partial charge in [-0.3, -0.25) is 5.43 Å². The van der Waals surface area contributed by atoms with Crippen molar-refractivity contribution in [3.63, 3.8) is 0 Å². The summed E-state index contributed by atoms with van der Waals surface area (Å²) < 4.78 is 4.59. The van der Waals surface area contributed by atoms with Gasteiger partial charge in [-0.15, -0.1) is 0 Å². The Morgan fingerprint density at radius 2 is 2.06 bits per heavy atom. The lowest BCUT2D eigenvalue weighted by Crippen LogP contribution is -2.03. The number of benzene rings is 1. The van der Waals surface area contributed by atoms with Crippen LogP contribution in [0.4, 0.5) is 5.69 Å². The van der Waals surface area contributed by atoms with Crippen LogP contribution in [0.3, 0.4) is 0 Å². The quantitative estimate of drug-likeness (QED) is 0.493. The molecule has 0 fully saturated rings. The molecule has 0 saturated heterocycles. The third-order valence-corrected chi connectivity index (χ3v) is 2.15. The number of hydrazone groups is 1. The van der Waals surface area contributed by atoms with Crippen LogP contribution in [0.1, 0.15) is 15.9 Å². The van der Waals surface area contributed by atoms with Crippen LogP contribution in [0.2, 0.25) is 0 Å². The minimum absolute atomic E-state index is 0.272. The minimum Gasteiger partial charge on any atom is -0.465 e. The number of aryl methyl sites for hydroxylation is 1. The summed E-state index contributed by atoms with van der Waals surface area (Å²) in [6.45, 7) is 1.77. The largest absolute Gasteiger partial charge is 0.465 e. The Kier molecular flexibility index (Phi) is 4.42. The van der Waals surface area contributed by atoms with Crippen LogP contribution >= 0.6 is 0 Å². The first-order valence-electron chi connectivity index (χ1n) is 4.95. The molecule has 18 heavy (non-hydrogen) atoms. The number of nitrogens with one attached hydrogen (secondary N) is 1. The van der Waals surface area contributed by atoms with Gasteiger partial charge in [0.1, 0.15) is 12.1 Å². The van der Waals surface area contributed by atoms with Crippen molar-refractivity contribution in [1.82, 2.24) is 0 Å². The highest BCUT2D eigenvalue weighted by Crippen LogP contribution is 2.17. The zero-order valence-electron chi connectivity index (χ0n) is 9.89. The fraction of sp³-hybridized carbons (Fsp3) is 0.167. The van der Waals surface area contributed by atoms with Crippen molar-refractivity contribution < 1.29 is 9.53 Å². The molecular weight excluding hydrogens is 232 g/mol. The van der Waals surface area contributed by atoms with Gasteiger partial charge in [0.2, 0.25) is 5.71 Å². The molecule has 1 aromatic carbocycles. The number of carbonyl (C=O) groups excluding carboxylic acids is 1. The van der Waals surface area contributed by atoms with Crippen molar-refractivity contribution in [2.75, 3.05) is 12.5 Å². The number of hydrogen-bond donors (Lipinski definition) is 1. The summed E-state index contributed by atoms with van der Waals surface area (Å²) >= 11 is 0. The molecule has 0 aliphatic carbocycles. The Balaban J connectivity index is 2.95. The summed E-state index contributed by atoms with van der Waals surface area (Å²) in [5.41, 5.74) is 4.09. The van der Waals surface area contributed by atoms with E-state index in [4.69, 9.17) is 10.5 Å². The normalized spacial score (nSPS) is 8.67. The second-order valence-corrected chi connectivity index (χ2v) is 3.32. The number of anilines is 1. The summed E-state index contributed by atoms with van der Waals surface area (Å²) in [5.74, 6) is -0.428. The second kappa shape index (κ2) is 6.02. The molecule has 0 aliphatic heterocycles. The van der Waals surface area contributed by atoms with Gasteiger partial charge in [0.05, 0.1) is 18.4 Å². The average molecular weight is 242 g/mol. The van der Waals surface area contributed by atoms with Crippen molar-refractivity contribution in [3.8, 4) is 12.1 Å². The maximum absolute atomic E-state index is 11.3. The van der Waals surface area contributed by atoms with Crippen LogP contribution in [0.5, 0.6) is 0 Å². The van der Waals surface area contributed by atoms with E-state index in [2.05, 4.69) is 15.3 Å². The monoisotopic (exact) mass is 242 g/mol. The van der Waals surface area contributed by atoms with Crippen LogP contribution in [0.25, 0.3) is 0 Å². The third kappa shape index (κ3) is 3.06. The SMILES string of the molecule is COC(=O)c1ccc(NN=C(C#N)C#N)c(C)c1. The molecule has 0 bridgehead atoms. The van der Waals surface area contributed by atoms with E-state index in [0.717, 1.165) is 5.56 Å². The highest BCUT2D eigenvalue weighted by molar-refractivity contribution is 6.10. The molecule has 0 unspecified atom stereocenters. The molecule has 0 spiro atoms. The molecule has 1 rings (SSSR count). The van der Waals surface area contributed by atoms with Crippen LogP contribution in [0.15, 0.2) is 23.3 Å². The Bertz CT molecular complexity index is 563. The number of ether oxygens (including phenoxy) is 1. The van der Waals surface area contributed by atoms with Gasteiger partial charge in [-0.1, -0.05) is 0 Å². The van der Waals surface area contributed by atoms with Crippen molar-refractivity contribution in [1.29, 1.82) is 10.5 Å². The number of nitriles is 2. The summed E-state index contributed by atoms with van der Waals surface area (Å²) in [6, 6.07) is 8.08. The van der Waals surface area contributed by atoms with Gasteiger partial charge in [0.15, 0.2) is 0 Å². The van der Waals surface area contributed by atoms with E-state index in [-0.39, 0.29) is 5.71 Å². The number of methoxy groups -OCH3 is 1. The number of rotatable bonds is 3. The average Bonchev–Trinajstić information content (AvgIpc) is 2.40. The van der Waals surface area contributed by atoms with E-state index in [1.807, 2.05) is 0 Å². The predicted octanol–water partition coefficient (Wildman–Crippen LogP) is 1.60. The highest BCUT2D eigenvalue weighted by Gasteiger charge is 2.07. The fourth-order valence-electron chi connectivity index (χ4n) is 1.23. The van der Waals surface area contributed by atoms with Gasteiger partial charge < -0.3 is 4.74 Å². The van der Waals surface area contributed by atoms with Gasteiger partial charge >= 0.3 is 5.97 Å². The number of nitrogens with zero attached hydrogens (tertiary/aromatic N) is 3. The van der Waals surface area contributed by atoms with Gasteiger partial charge in [0, 0.05) is 0 Å². The van der Waals surface area contributed by atoms with Crippen molar-refractivity contribution in [2.45, 2.75) is 6.92 Å². The summed E-state index contributed by atoms with van der Waals surface area (Å²) in [6.07, 6.45) is 0. The maximum atomic E-state index is 11.3. The van der Waals surface area contributed by atoms with Crippen molar-refractivity contribution in [2.24, 2.45) is 5.10 Å². The first kappa shape index (κ1) is 13.2. The third-order valence-electron chi connectivity index (χ3n) is 2.15. The minimum atomic E-state index is -0.428. The van der Waals surface area contributed by atoms with Gasteiger partial charge in [-0.2, -0.15) is 15.6 Å². The van der Waals surface area contributed by atoms with E-state index < -0.39 is 5.97 Å². The topological polar surface area (TPSA) is 98.3 Å². The van der Waals surface area contributed by atoms with Crippen molar-refractivity contribution in [3.05, 3.63) is 29.3 Å².